The summed E-state index contributed by atoms with van der Waals surface area (Å²) in [6.45, 7) is 1.86. The van der Waals surface area contributed by atoms with Crippen LogP contribution in [0.5, 0.6) is 5.75 Å². The van der Waals surface area contributed by atoms with E-state index in [0.29, 0.717) is 16.3 Å². The van der Waals surface area contributed by atoms with Crippen LogP contribution in [0.2, 0.25) is 5.02 Å². The average molecular weight is 427 g/mol. The molecule has 0 aliphatic rings. The van der Waals surface area contributed by atoms with Gasteiger partial charge >= 0.3 is 0 Å². The van der Waals surface area contributed by atoms with Crippen molar-refractivity contribution < 1.29 is 17.9 Å². The Kier molecular flexibility index (Phi) is 6.20. The summed E-state index contributed by atoms with van der Waals surface area (Å²) in [5.74, 6) is -0.0191. The molecule has 4 nitrogen and oxygen atoms in total. The summed E-state index contributed by atoms with van der Waals surface area (Å²) in [5.41, 5.74) is 1.73. The van der Waals surface area contributed by atoms with Crippen molar-refractivity contribution in [3.05, 3.63) is 99.4 Å². The van der Waals surface area contributed by atoms with Crippen molar-refractivity contribution in [2.45, 2.75) is 11.8 Å². The number of methoxy groups -OCH3 is 1. The summed E-state index contributed by atoms with van der Waals surface area (Å²) in [6, 6.07) is 19.3. The topological polar surface area (TPSA) is 60.4 Å². The van der Waals surface area contributed by atoms with Gasteiger partial charge in [0.05, 0.1) is 12.0 Å². The number of Topliss-reactive ketones (excluding diaryl/α,β-unsaturated/α-hetero) is 1. The Balaban J connectivity index is 2.13. The fourth-order valence-corrected chi connectivity index (χ4v) is 4.23. The second-order valence-corrected chi connectivity index (χ2v) is 8.79. The summed E-state index contributed by atoms with van der Waals surface area (Å²) in [6.07, 6.45) is 1.37. The zero-order chi connectivity index (χ0) is 21.0. The molecule has 0 saturated heterocycles. The number of allylic oxidation sites excluding steroid dienone is 1. The van der Waals surface area contributed by atoms with E-state index in [4.69, 9.17) is 16.3 Å². The second-order valence-electron chi connectivity index (χ2n) is 6.43. The number of rotatable bonds is 6. The van der Waals surface area contributed by atoms with Crippen molar-refractivity contribution in [2.75, 3.05) is 7.11 Å². The molecule has 0 saturated carbocycles. The van der Waals surface area contributed by atoms with Gasteiger partial charge in [-0.1, -0.05) is 41.4 Å². The maximum atomic E-state index is 13.3. The van der Waals surface area contributed by atoms with E-state index in [0.717, 1.165) is 5.56 Å². The molecule has 0 fully saturated rings. The van der Waals surface area contributed by atoms with Crippen molar-refractivity contribution in [3.63, 3.8) is 0 Å². The highest BCUT2D eigenvalue weighted by molar-refractivity contribution is 7.96. The lowest BCUT2D eigenvalue weighted by molar-refractivity contribution is 0.104. The first-order valence-electron chi connectivity index (χ1n) is 8.79. The molecule has 148 valence electrons. The number of hydrogen-bond acceptors (Lipinski definition) is 4. The Morgan fingerprint density at radius 3 is 2.03 bits per heavy atom. The van der Waals surface area contributed by atoms with Crippen LogP contribution < -0.4 is 4.74 Å². The predicted octanol–water partition coefficient (Wildman–Crippen LogP) is 5.35. The molecule has 0 atom stereocenters. The number of ketones is 1. The van der Waals surface area contributed by atoms with Crippen molar-refractivity contribution in [1.82, 2.24) is 0 Å². The van der Waals surface area contributed by atoms with Crippen LogP contribution in [0.15, 0.2) is 82.6 Å². The molecule has 0 bridgehead atoms. The van der Waals surface area contributed by atoms with E-state index in [1.807, 2.05) is 6.92 Å². The van der Waals surface area contributed by atoms with E-state index in [1.165, 1.54) is 25.3 Å². The number of halogens is 1. The third-order valence-electron chi connectivity index (χ3n) is 4.36. The standard InChI is InChI=1S/C23H19ClO4S/c1-16-3-13-21(14-4-16)29(26,27)22(15-17-5-9-19(24)10-6-17)23(25)18-7-11-20(28-2)12-8-18/h3-15H,1-2H3/b22-15+. The van der Waals surface area contributed by atoms with Crippen LogP contribution >= 0.6 is 11.6 Å². The SMILES string of the molecule is COc1ccc(C(=O)/C(=C\c2ccc(Cl)cc2)S(=O)(=O)c2ccc(C)cc2)cc1. The lowest BCUT2D eigenvalue weighted by Gasteiger charge is -2.10. The minimum Gasteiger partial charge on any atom is -0.497 e. The van der Waals surface area contributed by atoms with Gasteiger partial charge in [0, 0.05) is 10.6 Å². The molecule has 0 aliphatic carbocycles. The second kappa shape index (κ2) is 8.64. The van der Waals surface area contributed by atoms with Crippen LogP contribution in [0.25, 0.3) is 6.08 Å². The van der Waals surface area contributed by atoms with E-state index in [2.05, 4.69) is 0 Å². The van der Waals surface area contributed by atoms with Gasteiger partial charge in [0.1, 0.15) is 10.7 Å². The predicted molar refractivity (Wildman–Crippen MR) is 115 cm³/mol. The van der Waals surface area contributed by atoms with Crippen molar-refractivity contribution >= 4 is 33.3 Å². The zero-order valence-electron chi connectivity index (χ0n) is 15.9. The molecule has 0 spiro atoms. The smallest absolute Gasteiger partial charge is 0.210 e. The highest BCUT2D eigenvalue weighted by Gasteiger charge is 2.28. The van der Waals surface area contributed by atoms with Gasteiger partial charge in [-0.15, -0.1) is 0 Å². The molecule has 0 heterocycles. The third-order valence-corrected chi connectivity index (χ3v) is 6.39. The molecule has 3 rings (SSSR count). The summed E-state index contributed by atoms with van der Waals surface area (Å²) in [4.78, 5) is 12.9. The highest BCUT2D eigenvalue weighted by Crippen LogP contribution is 2.26. The Hall–Kier alpha value is -2.89. The minimum absolute atomic E-state index is 0.0603. The molecule has 3 aromatic rings. The van der Waals surface area contributed by atoms with Gasteiger partial charge in [-0.3, -0.25) is 4.79 Å². The fraction of sp³-hybridized carbons (Fsp3) is 0.0870. The molecule has 29 heavy (non-hydrogen) atoms. The molecule has 0 unspecified atom stereocenters. The van der Waals surface area contributed by atoms with Gasteiger partial charge in [-0.05, 0) is 67.1 Å². The van der Waals surface area contributed by atoms with Crippen molar-refractivity contribution in [1.29, 1.82) is 0 Å². The molecule has 0 aliphatic heterocycles. The molecular weight excluding hydrogens is 408 g/mol. The van der Waals surface area contributed by atoms with E-state index < -0.39 is 15.6 Å². The molecule has 0 radical (unpaired) electrons. The number of benzene rings is 3. The first-order chi connectivity index (χ1) is 13.8. The number of ether oxygens (including phenoxy) is 1. The monoisotopic (exact) mass is 426 g/mol. The van der Waals surface area contributed by atoms with E-state index in [-0.39, 0.29) is 15.4 Å². The molecule has 0 N–H and O–H groups in total. The van der Waals surface area contributed by atoms with Crippen LogP contribution in [0, 0.1) is 6.92 Å². The largest absolute Gasteiger partial charge is 0.497 e. The van der Waals surface area contributed by atoms with Gasteiger partial charge in [0.25, 0.3) is 0 Å². The highest BCUT2D eigenvalue weighted by atomic mass is 35.5. The molecule has 0 aromatic heterocycles. The number of carbonyl (C=O) groups is 1. The first kappa shape index (κ1) is 20.8. The van der Waals surface area contributed by atoms with Crippen LogP contribution in [-0.4, -0.2) is 21.3 Å². The Bertz CT molecular complexity index is 1150. The number of aryl methyl sites for hydroxylation is 1. The minimum atomic E-state index is -4.04. The van der Waals surface area contributed by atoms with Crippen LogP contribution in [0.1, 0.15) is 21.5 Å². The molecule has 0 amide bonds. The molecule has 3 aromatic carbocycles. The van der Waals surface area contributed by atoms with Gasteiger partial charge < -0.3 is 4.74 Å². The Morgan fingerprint density at radius 1 is 0.897 bits per heavy atom. The van der Waals surface area contributed by atoms with Gasteiger partial charge in [-0.2, -0.15) is 0 Å². The lowest BCUT2D eigenvalue weighted by Crippen LogP contribution is -2.14. The lowest BCUT2D eigenvalue weighted by atomic mass is 10.1. The van der Waals surface area contributed by atoms with E-state index in [9.17, 15) is 13.2 Å². The Morgan fingerprint density at radius 2 is 1.48 bits per heavy atom. The first-order valence-corrected chi connectivity index (χ1v) is 10.6. The number of carbonyl (C=O) groups excluding carboxylic acids is 1. The number of sulfone groups is 1. The maximum Gasteiger partial charge on any atom is 0.210 e. The van der Waals surface area contributed by atoms with Gasteiger partial charge in [0.2, 0.25) is 15.6 Å². The van der Waals surface area contributed by atoms with E-state index >= 15 is 0 Å². The Labute approximate surface area is 175 Å². The zero-order valence-corrected chi connectivity index (χ0v) is 17.5. The quantitative estimate of drug-likeness (QED) is 0.393. The summed E-state index contributed by atoms with van der Waals surface area (Å²) >= 11 is 5.92. The maximum absolute atomic E-state index is 13.3. The van der Waals surface area contributed by atoms with Crippen molar-refractivity contribution in [3.8, 4) is 5.75 Å². The van der Waals surface area contributed by atoms with Gasteiger partial charge in [0.15, 0.2) is 0 Å². The third kappa shape index (κ3) is 4.75. The van der Waals surface area contributed by atoms with Gasteiger partial charge in [-0.25, -0.2) is 8.42 Å². The summed E-state index contributed by atoms with van der Waals surface area (Å²) in [5, 5.41) is 0.520. The van der Waals surface area contributed by atoms with E-state index in [1.54, 1.807) is 60.7 Å². The van der Waals surface area contributed by atoms with Crippen LogP contribution in [0.4, 0.5) is 0 Å². The van der Waals surface area contributed by atoms with Crippen LogP contribution in [-0.2, 0) is 9.84 Å². The fourth-order valence-electron chi connectivity index (χ4n) is 2.70. The molecular formula is C23H19ClO4S. The summed E-state index contributed by atoms with van der Waals surface area (Å²) < 4.78 is 31.7. The normalized spacial score (nSPS) is 11.9. The van der Waals surface area contributed by atoms with Crippen LogP contribution in [0.3, 0.4) is 0 Å². The number of hydrogen-bond donors (Lipinski definition) is 0. The molecule has 6 heteroatoms. The average Bonchev–Trinajstić information content (AvgIpc) is 2.73. The summed E-state index contributed by atoms with van der Waals surface area (Å²) in [7, 11) is -2.52. The van der Waals surface area contributed by atoms with Crippen molar-refractivity contribution in [2.24, 2.45) is 0 Å².